The quantitative estimate of drug-likeness (QED) is 0.873. The minimum absolute atomic E-state index is 0.0588. The van der Waals surface area contributed by atoms with E-state index in [2.05, 4.69) is 20.8 Å². The van der Waals surface area contributed by atoms with Crippen LogP contribution in [0.2, 0.25) is 0 Å². The molecule has 0 radical (unpaired) electrons. The Balaban J connectivity index is 1.59. The van der Waals surface area contributed by atoms with E-state index in [-0.39, 0.29) is 11.8 Å². The summed E-state index contributed by atoms with van der Waals surface area (Å²) in [6, 6.07) is 7.18. The molecule has 0 spiro atoms. The van der Waals surface area contributed by atoms with Crippen molar-refractivity contribution in [3.63, 3.8) is 0 Å². The van der Waals surface area contributed by atoms with Crippen LogP contribution in [0.4, 0.5) is 5.69 Å². The van der Waals surface area contributed by atoms with E-state index in [4.69, 9.17) is 0 Å². The average Bonchev–Trinajstić information content (AvgIpc) is 3.26. The summed E-state index contributed by atoms with van der Waals surface area (Å²) in [6.07, 6.45) is 5.24. The molecule has 1 aromatic carbocycles. The molecule has 1 aromatic heterocycles. The highest BCUT2D eigenvalue weighted by atomic mass is 32.1. The Morgan fingerprint density at radius 2 is 1.83 bits per heavy atom. The first-order valence-corrected chi connectivity index (χ1v) is 9.02. The minimum atomic E-state index is -0.282. The molecule has 1 heterocycles. The first kappa shape index (κ1) is 16.6. The maximum Gasteiger partial charge on any atom is 0.286 e. The molecule has 2 N–H and O–H groups in total. The van der Waals surface area contributed by atoms with Gasteiger partial charge in [0.15, 0.2) is 0 Å². The maximum absolute atomic E-state index is 12.2. The van der Waals surface area contributed by atoms with Crippen LogP contribution >= 0.6 is 11.3 Å². The second kappa shape index (κ2) is 7.53. The third-order valence-corrected chi connectivity index (χ3v) is 5.13. The molecule has 0 bridgehead atoms. The fourth-order valence-electron chi connectivity index (χ4n) is 2.72. The second-order valence-corrected chi connectivity index (χ2v) is 6.90. The molecular formula is C17H20N4O2S. The second-order valence-electron chi connectivity index (χ2n) is 5.84. The highest BCUT2D eigenvalue weighted by Gasteiger charge is 2.18. The van der Waals surface area contributed by atoms with Gasteiger partial charge in [0, 0.05) is 17.3 Å². The van der Waals surface area contributed by atoms with Gasteiger partial charge < -0.3 is 10.6 Å². The molecule has 126 valence electrons. The number of rotatable bonds is 5. The Hall–Kier alpha value is -2.28. The zero-order valence-corrected chi connectivity index (χ0v) is 14.4. The molecule has 1 fully saturated rings. The summed E-state index contributed by atoms with van der Waals surface area (Å²) in [5.74, 6) is -0.341. The van der Waals surface area contributed by atoms with E-state index in [1.807, 2.05) is 6.92 Å². The van der Waals surface area contributed by atoms with E-state index in [1.54, 1.807) is 24.3 Å². The van der Waals surface area contributed by atoms with Crippen molar-refractivity contribution >= 4 is 28.8 Å². The smallest absolute Gasteiger partial charge is 0.286 e. The summed E-state index contributed by atoms with van der Waals surface area (Å²) in [4.78, 5) is 24.3. The molecule has 1 saturated carbocycles. The number of hydrogen-bond acceptors (Lipinski definition) is 5. The SMILES string of the molecule is CCc1nnc(C(=O)Nc2ccc(C(=O)NC3CCCC3)cc2)s1. The van der Waals surface area contributed by atoms with Crippen molar-refractivity contribution in [1.29, 1.82) is 0 Å². The molecule has 0 atom stereocenters. The lowest BCUT2D eigenvalue weighted by Gasteiger charge is -2.12. The molecule has 0 aliphatic heterocycles. The Bertz CT molecular complexity index is 720. The van der Waals surface area contributed by atoms with Crippen LogP contribution in [0.25, 0.3) is 0 Å². The van der Waals surface area contributed by atoms with Gasteiger partial charge in [-0.2, -0.15) is 0 Å². The Morgan fingerprint density at radius 3 is 2.46 bits per heavy atom. The predicted octanol–water partition coefficient (Wildman–Crippen LogP) is 3.03. The van der Waals surface area contributed by atoms with Crippen molar-refractivity contribution in [3.8, 4) is 0 Å². The van der Waals surface area contributed by atoms with Crippen LogP contribution in [0.1, 0.15) is 57.8 Å². The summed E-state index contributed by atoms with van der Waals surface area (Å²) in [7, 11) is 0. The van der Waals surface area contributed by atoms with Crippen molar-refractivity contribution in [3.05, 3.63) is 39.8 Å². The maximum atomic E-state index is 12.2. The number of nitrogens with one attached hydrogen (secondary N) is 2. The fraction of sp³-hybridized carbons (Fsp3) is 0.412. The summed E-state index contributed by atoms with van der Waals surface area (Å²) >= 11 is 1.29. The van der Waals surface area contributed by atoms with E-state index < -0.39 is 0 Å². The number of aromatic nitrogens is 2. The van der Waals surface area contributed by atoms with E-state index in [1.165, 1.54) is 24.2 Å². The predicted molar refractivity (Wildman–Crippen MR) is 93.4 cm³/mol. The number of aryl methyl sites for hydroxylation is 1. The van der Waals surface area contributed by atoms with Crippen LogP contribution in [0.5, 0.6) is 0 Å². The Labute approximate surface area is 144 Å². The Morgan fingerprint density at radius 1 is 1.12 bits per heavy atom. The van der Waals surface area contributed by atoms with Gasteiger partial charge in [-0.1, -0.05) is 31.1 Å². The summed E-state index contributed by atoms with van der Waals surface area (Å²) < 4.78 is 0. The molecule has 1 aliphatic carbocycles. The van der Waals surface area contributed by atoms with Crippen LogP contribution < -0.4 is 10.6 Å². The molecule has 24 heavy (non-hydrogen) atoms. The third-order valence-electron chi connectivity index (χ3n) is 4.06. The molecule has 0 unspecified atom stereocenters. The van der Waals surface area contributed by atoms with Gasteiger partial charge in [-0.15, -0.1) is 10.2 Å². The van der Waals surface area contributed by atoms with Gasteiger partial charge >= 0.3 is 0 Å². The number of carbonyl (C=O) groups excluding carboxylic acids is 2. The van der Waals surface area contributed by atoms with Crippen molar-refractivity contribution < 1.29 is 9.59 Å². The number of anilines is 1. The topological polar surface area (TPSA) is 84.0 Å². The van der Waals surface area contributed by atoms with Crippen LogP contribution in [0, 0.1) is 0 Å². The molecule has 2 amide bonds. The highest BCUT2D eigenvalue weighted by molar-refractivity contribution is 7.13. The van der Waals surface area contributed by atoms with Gasteiger partial charge in [0.05, 0.1) is 0 Å². The van der Waals surface area contributed by atoms with Crippen molar-refractivity contribution in [1.82, 2.24) is 15.5 Å². The van der Waals surface area contributed by atoms with E-state index in [9.17, 15) is 9.59 Å². The first-order valence-electron chi connectivity index (χ1n) is 8.20. The lowest BCUT2D eigenvalue weighted by Crippen LogP contribution is -2.32. The van der Waals surface area contributed by atoms with Crippen LogP contribution in [0.15, 0.2) is 24.3 Å². The van der Waals surface area contributed by atoms with Crippen LogP contribution in [-0.2, 0) is 6.42 Å². The lowest BCUT2D eigenvalue weighted by atomic mass is 10.1. The summed E-state index contributed by atoms with van der Waals surface area (Å²) in [6.45, 7) is 1.97. The number of hydrogen-bond donors (Lipinski definition) is 2. The van der Waals surface area contributed by atoms with E-state index in [0.29, 0.717) is 22.3 Å². The lowest BCUT2D eigenvalue weighted by molar-refractivity contribution is 0.0937. The average molecular weight is 344 g/mol. The minimum Gasteiger partial charge on any atom is -0.349 e. The normalized spacial score (nSPS) is 14.5. The molecule has 6 nitrogen and oxygen atoms in total. The number of nitrogens with zero attached hydrogens (tertiary/aromatic N) is 2. The highest BCUT2D eigenvalue weighted by Crippen LogP contribution is 2.19. The van der Waals surface area contributed by atoms with Gasteiger partial charge in [-0.25, -0.2) is 0 Å². The monoisotopic (exact) mass is 344 g/mol. The van der Waals surface area contributed by atoms with Gasteiger partial charge in [0.1, 0.15) is 5.01 Å². The van der Waals surface area contributed by atoms with Gasteiger partial charge in [-0.3, -0.25) is 9.59 Å². The van der Waals surface area contributed by atoms with Crippen molar-refractivity contribution in [2.24, 2.45) is 0 Å². The zero-order valence-electron chi connectivity index (χ0n) is 13.5. The number of benzene rings is 1. The van der Waals surface area contributed by atoms with Crippen LogP contribution in [-0.4, -0.2) is 28.1 Å². The standard InChI is InChI=1S/C17H20N4O2S/c1-2-14-20-21-17(24-14)16(23)19-13-9-7-11(8-10-13)15(22)18-12-5-3-4-6-12/h7-10,12H,2-6H2,1H3,(H,18,22)(H,19,23). The summed E-state index contributed by atoms with van der Waals surface area (Å²) in [5, 5.41) is 14.8. The molecule has 3 rings (SSSR count). The number of carbonyl (C=O) groups is 2. The molecule has 1 aliphatic rings. The zero-order chi connectivity index (χ0) is 16.9. The van der Waals surface area contributed by atoms with Gasteiger partial charge in [0.2, 0.25) is 5.01 Å². The molecular weight excluding hydrogens is 324 g/mol. The molecule has 2 aromatic rings. The molecule has 7 heteroatoms. The Kier molecular flexibility index (Phi) is 5.20. The van der Waals surface area contributed by atoms with E-state index in [0.717, 1.165) is 24.3 Å². The van der Waals surface area contributed by atoms with E-state index >= 15 is 0 Å². The number of amides is 2. The molecule has 0 saturated heterocycles. The largest absolute Gasteiger partial charge is 0.349 e. The van der Waals surface area contributed by atoms with Gasteiger partial charge in [-0.05, 0) is 43.5 Å². The van der Waals surface area contributed by atoms with Crippen molar-refractivity contribution in [2.45, 2.75) is 45.1 Å². The summed E-state index contributed by atoms with van der Waals surface area (Å²) in [5.41, 5.74) is 1.23. The van der Waals surface area contributed by atoms with Crippen molar-refractivity contribution in [2.75, 3.05) is 5.32 Å². The van der Waals surface area contributed by atoms with Gasteiger partial charge in [0.25, 0.3) is 11.8 Å². The van der Waals surface area contributed by atoms with Crippen LogP contribution in [0.3, 0.4) is 0 Å². The third kappa shape index (κ3) is 3.97. The fourth-order valence-corrected chi connectivity index (χ4v) is 3.39. The first-order chi connectivity index (χ1) is 11.7.